The Balaban J connectivity index is 1.67. The molecule has 0 aliphatic heterocycles. The summed E-state index contributed by atoms with van der Waals surface area (Å²) >= 11 is 1.29. The van der Waals surface area contributed by atoms with E-state index >= 15 is 0 Å². The maximum Gasteiger partial charge on any atom is 0.237 e. The quantitative estimate of drug-likeness (QED) is 0.576. The van der Waals surface area contributed by atoms with Crippen molar-refractivity contribution < 1.29 is 18.7 Å². The second kappa shape index (κ2) is 8.79. The van der Waals surface area contributed by atoms with Crippen LogP contribution < -0.4 is 14.8 Å². The van der Waals surface area contributed by atoms with Gasteiger partial charge in [0.15, 0.2) is 5.16 Å². The first kappa shape index (κ1) is 19.8. The zero-order valence-corrected chi connectivity index (χ0v) is 16.5. The molecule has 0 spiro atoms. The van der Waals surface area contributed by atoms with E-state index in [9.17, 15) is 9.18 Å². The molecule has 0 saturated heterocycles. The lowest BCUT2D eigenvalue weighted by atomic mass is 10.2. The van der Waals surface area contributed by atoms with Crippen LogP contribution >= 0.6 is 11.8 Å². The van der Waals surface area contributed by atoms with Crippen LogP contribution in [0.3, 0.4) is 0 Å². The number of H-pyrrole nitrogens is 1. The molecule has 6 nitrogen and oxygen atoms in total. The Hall–Kier alpha value is -3.00. The molecule has 2 N–H and O–H groups in total. The third-order valence-corrected chi connectivity index (χ3v) is 5.03. The number of halogens is 1. The lowest BCUT2D eigenvalue weighted by Gasteiger charge is -2.14. The van der Waals surface area contributed by atoms with E-state index in [0.717, 1.165) is 11.3 Å². The molecule has 0 aliphatic rings. The Morgan fingerprint density at radius 1 is 1.18 bits per heavy atom. The molecule has 0 aliphatic carbocycles. The summed E-state index contributed by atoms with van der Waals surface area (Å²) < 4.78 is 23.5. The van der Waals surface area contributed by atoms with Crippen LogP contribution in [0.5, 0.6) is 11.5 Å². The molecule has 2 aromatic carbocycles. The lowest BCUT2D eigenvalue weighted by molar-refractivity contribution is -0.115. The fraction of sp³-hybridized carbons (Fsp3) is 0.200. The maximum atomic E-state index is 13.1. The molecule has 1 heterocycles. The van der Waals surface area contributed by atoms with Crippen molar-refractivity contribution in [2.75, 3.05) is 19.5 Å². The topological polar surface area (TPSA) is 76.2 Å². The van der Waals surface area contributed by atoms with Gasteiger partial charge in [0.2, 0.25) is 5.91 Å². The number of ether oxygens (including phenoxy) is 2. The Morgan fingerprint density at radius 3 is 2.61 bits per heavy atom. The molecule has 3 rings (SSSR count). The van der Waals surface area contributed by atoms with Crippen LogP contribution in [0.25, 0.3) is 11.3 Å². The fourth-order valence-electron chi connectivity index (χ4n) is 2.51. The zero-order chi connectivity index (χ0) is 20.1. The molecule has 3 aromatic rings. The standard InChI is InChI=1S/C20H20FN3O3S/c1-12(19(25)23-16-10-15(26-2)8-9-18(16)27-3)28-20-22-11-17(24-20)13-4-6-14(21)7-5-13/h4-12H,1-3H3,(H,22,24)(H,23,25). The second-order valence-corrected chi connectivity index (χ2v) is 7.25. The minimum absolute atomic E-state index is 0.198. The normalized spacial score (nSPS) is 11.7. The minimum atomic E-state index is -0.414. The van der Waals surface area contributed by atoms with E-state index in [1.807, 2.05) is 0 Å². The summed E-state index contributed by atoms with van der Waals surface area (Å²) in [5, 5.41) is 3.04. The molecule has 1 atom stereocenters. The van der Waals surface area contributed by atoms with E-state index in [1.165, 1.54) is 31.0 Å². The van der Waals surface area contributed by atoms with Gasteiger partial charge in [-0.25, -0.2) is 9.37 Å². The molecule has 0 bridgehead atoms. The van der Waals surface area contributed by atoms with Crippen molar-refractivity contribution in [3.8, 4) is 22.8 Å². The summed E-state index contributed by atoms with van der Waals surface area (Å²) in [6.07, 6.45) is 1.66. The predicted molar refractivity (Wildman–Crippen MR) is 107 cm³/mol. The number of benzene rings is 2. The molecular formula is C20H20FN3O3S. The molecule has 0 saturated carbocycles. The number of anilines is 1. The van der Waals surface area contributed by atoms with Gasteiger partial charge in [-0.1, -0.05) is 11.8 Å². The number of aromatic nitrogens is 2. The Kier molecular flexibility index (Phi) is 6.20. The van der Waals surface area contributed by atoms with Gasteiger partial charge in [-0.05, 0) is 48.9 Å². The summed E-state index contributed by atoms with van der Waals surface area (Å²) in [5.41, 5.74) is 2.11. The van der Waals surface area contributed by atoms with Crippen LogP contribution in [-0.4, -0.2) is 35.3 Å². The summed E-state index contributed by atoms with van der Waals surface area (Å²) in [7, 11) is 3.09. The molecule has 146 valence electrons. The first-order valence-electron chi connectivity index (χ1n) is 8.50. The van der Waals surface area contributed by atoms with Crippen molar-refractivity contribution in [1.29, 1.82) is 0 Å². The molecule has 0 fully saturated rings. The first-order chi connectivity index (χ1) is 13.5. The Labute approximate surface area is 166 Å². The molecule has 28 heavy (non-hydrogen) atoms. The van der Waals surface area contributed by atoms with Gasteiger partial charge in [0.25, 0.3) is 0 Å². The van der Waals surface area contributed by atoms with Gasteiger partial charge in [0.1, 0.15) is 17.3 Å². The molecule has 1 aromatic heterocycles. The number of hydrogen-bond acceptors (Lipinski definition) is 5. The average molecular weight is 401 g/mol. The van der Waals surface area contributed by atoms with Gasteiger partial charge in [0, 0.05) is 6.07 Å². The van der Waals surface area contributed by atoms with Gasteiger partial charge < -0.3 is 19.8 Å². The Morgan fingerprint density at radius 2 is 1.93 bits per heavy atom. The summed E-state index contributed by atoms with van der Waals surface area (Å²) in [4.78, 5) is 20.0. The van der Waals surface area contributed by atoms with Crippen LogP contribution in [0.15, 0.2) is 53.8 Å². The number of aromatic amines is 1. The van der Waals surface area contributed by atoms with Crippen molar-refractivity contribution in [3.63, 3.8) is 0 Å². The minimum Gasteiger partial charge on any atom is -0.497 e. The monoisotopic (exact) mass is 401 g/mol. The summed E-state index contributed by atoms with van der Waals surface area (Å²) in [6, 6.07) is 11.3. The van der Waals surface area contributed by atoms with E-state index in [2.05, 4.69) is 15.3 Å². The second-order valence-electron chi connectivity index (χ2n) is 5.92. The van der Waals surface area contributed by atoms with Crippen molar-refractivity contribution in [3.05, 3.63) is 54.5 Å². The Bertz CT molecular complexity index is 960. The lowest BCUT2D eigenvalue weighted by Crippen LogP contribution is -2.22. The van der Waals surface area contributed by atoms with Gasteiger partial charge in [-0.3, -0.25) is 4.79 Å². The van der Waals surface area contributed by atoms with Crippen LogP contribution in [0.4, 0.5) is 10.1 Å². The molecule has 0 radical (unpaired) electrons. The van der Waals surface area contributed by atoms with Crippen LogP contribution in [0.2, 0.25) is 0 Å². The SMILES string of the molecule is COc1ccc(OC)c(NC(=O)C(C)Sc2ncc(-c3ccc(F)cc3)[nH]2)c1. The van der Waals surface area contributed by atoms with Crippen molar-refractivity contribution in [2.45, 2.75) is 17.3 Å². The molecule has 1 amide bonds. The van der Waals surface area contributed by atoms with Gasteiger partial charge in [0.05, 0.1) is 37.0 Å². The van der Waals surface area contributed by atoms with Gasteiger partial charge in [-0.2, -0.15) is 0 Å². The zero-order valence-electron chi connectivity index (χ0n) is 15.7. The van der Waals surface area contributed by atoms with Crippen LogP contribution in [-0.2, 0) is 4.79 Å². The first-order valence-corrected chi connectivity index (χ1v) is 9.38. The number of nitrogens with zero attached hydrogens (tertiary/aromatic N) is 1. The largest absolute Gasteiger partial charge is 0.497 e. The van der Waals surface area contributed by atoms with Gasteiger partial charge in [-0.15, -0.1) is 0 Å². The number of methoxy groups -OCH3 is 2. The predicted octanol–water partition coefficient (Wildman–Crippen LogP) is 4.35. The number of nitrogens with one attached hydrogen (secondary N) is 2. The highest BCUT2D eigenvalue weighted by atomic mass is 32.2. The van der Waals surface area contributed by atoms with Crippen LogP contribution in [0, 0.1) is 5.82 Å². The molecular weight excluding hydrogens is 381 g/mol. The highest BCUT2D eigenvalue weighted by Crippen LogP contribution is 2.30. The number of amides is 1. The number of rotatable bonds is 7. The number of imidazole rings is 1. The fourth-order valence-corrected chi connectivity index (χ4v) is 3.29. The van der Waals surface area contributed by atoms with E-state index in [-0.39, 0.29) is 11.7 Å². The highest BCUT2D eigenvalue weighted by molar-refractivity contribution is 8.00. The van der Waals surface area contributed by atoms with E-state index < -0.39 is 5.25 Å². The third-order valence-electron chi connectivity index (χ3n) is 4.03. The smallest absolute Gasteiger partial charge is 0.237 e. The number of carbonyl (C=O) groups excluding carboxylic acids is 1. The molecule has 1 unspecified atom stereocenters. The van der Waals surface area contributed by atoms with E-state index in [4.69, 9.17) is 9.47 Å². The number of hydrogen-bond donors (Lipinski definition) is 2. The maximum absolute atomic E-state index is 13.1. The highest BCUT2D eigenvalue weighted by Gasteiger charge is 2.18. The third kappa shape index (κ3) is 4.64. The average Bonchev–Trinajstić information content (AvgIpc) is 3.16. The van der Waals surface area contributed by atoms with Gasteiger partial charge >= 0.3 is 0 Å². The van der Waals surface area contributed by atoms with Crippen molar-refractivity contribution >= 4 is 23.4 Å². The van der Waals surface area contributed by atoms with E-state index in [1.54, 1.807) is 50.6 Å². The van der Waals surface area contributed by atoms with E-state index in [0.29, 0.717) is 22.3 Å². The summed E-state index contributed by atoms with van der Waals surface area (Å²) in [5.74, 6) is 0.668. The van der Waals surface area contributed by atoms with Crippen LogP contribution in [0.1, 0.15) is 6.92 Å². The number of thioether (sulfide) groups is 1. The number of carbonyl (C=O) groups is 1. The van der Waals surface area contributed by atoms with Crippen molar-refractivity contribution in [1.82, 2.24) is 9.97 Å². The van der Waals surface area contributed by atoms with Crippen molar-refractivity contribution in [2.24, 2.45) is 0 Å². The molecule has 8 heteroatoms. The summed E-state index contributed by atoms with van der Waals surface area (Å²) in [6.45, 7) is 1.78.